The van der Waals surface area contributed by atoms with E-state index >= 15 is 0 Å². The van der Waals surface area contributed by atoms with Gasteiger partial charge >= 0.3 is 0 Å². The van der Waals surface area contributed by atoms with E-state index in [0.717, 1.165) is 22.5 Å². The number of nitrogens with one attached hydrogen (secondary N) is 1. The van der Waals surface area contributed by atoms with E-state index in [-0.39, 0.29) is 11.9 Å². The van der Waals surface area contributed by atoms with Gasteiger partial charge in [0.15, 0.2) is 0 Å². The predicted molar refractivity (Wildman–Crippen MR) is 87.0 cm³/mol. The first-order valence-corrected chi connectivity index (χ1v) is 7.32. The summed E-state index contributed by atoms with van der Waals surface area (Å²) in [7, 11) is 1.82. The zero-order valence-electron chi connectivity index (χ0n) is 12.1. The van der Waals surface area contributed by atoms with Crippen molar-refractivity contribution in [1.29, 1.82) is 0 Å². The molecule has 1 aliphatic rings. The molecule has 1 N–H and O–H groups in total. The number of carbonyl (C=O) groups is 1. The smallest absolute Gasteiger partial charge is 0.229 e. The van der Waals surface area contributed by atoms with Gasteiger partial charge in [0.1, 0.15) is 0 Å². The van der Waals surface area contributed by atoms with Crippen LogP contribution in [0.15, 0.2) is 42.5 Å². The molecule has 108 valence electrons. The maximum atomic E-state index is 12.2. The van der Waals surface area contributed by atoms with Gasteiger partial charge in [-0.25, -0.2) is 0 Å². The lowest BCUT2D eigenvalue weighted by Crippen LogP contribution is -2.35. The molecular formula is C17H17ClN2O. The van der Waals surface area contributed by atoms with Gasteiger partial charge < -0.3 is 10.2 Å². The van der Waals surface area contributed by atoms with E-state index in [1.165, 1.54) is 0 Å². The predicted octanol–water partition coefficient (Wildman–Crippen LogP) is 4.17. The van der Waals surface area contributed by atoms with Gasteiger partial charge in [-0.3, -0.25) is 4.79 Å². The largest absolute Gasteiger partial charge is 0.376 e. The van der Waals surface area contributed by atoms with Crippen molar-refractivity contribution in [3.05, 3.63) is 58.6 Å². The van der Waals surface area contributed by atoms with Gasteiger partial charge in [-0.05, 0) is 36.2 Å². The highest BCUT2D eigenvalue weighted by Crippen LogP contribution is 2.37. The molecule has 1 atom stereocenters. The van der Waals surface area contributed by atoms with Crippen LogP contribution in [0.1, 0.15) is 23.6 Å². The SMILES string of the molecule is Cc1ccc(Cl)c(NC2CC(=O)N(C)c3ccccc32)c1. The van der Waals surface area contributed by atoms with E-state index in [9.17, 15) is 4.79 Å². The van der Waals surface area contributed by atoms with Crippen LogP contribution in [-0.2, 0) is 4.79 Å². The third-order valence-corrected chi connectivity index (χ3v) is 4.21. The number of aryl methyl sites for hydroxylation is 1. The lowest BCUT2D eigenvalue weighted by Gasteiger charge is -2.32. The summed E-state index contributed by atoms with van der Waals surface area (Å²) in [6.45, 7) is 2.02. The van der Waals surface area contributed by atoms with Crippen LogP contribution in [0.5, 0.6) is 0 Å². The van der Waals surface area contributed by atoms with Crippen molar-refractivity contribution in [1.82, 2.24) is 0 Å². The topological polar surface area (TPSA) is 32.3 Å². The van der Waals surface area contributed by atoms with Gasteiger partial charge in [0.2, 0.25) is 5.91 Å². The molecule has 1 unspecified atom stereocenters. The number of fused-ring (bicyclic) bond motifs is 1. The van der Waals surface area contributed by atoms with E-state index in [0.29, 0.717) is 11.4 Å². The summed E-state index contributed by atoms with van der Waals surface area (Å²) in [6, 6.07) is 13.8. The molecule has 3 nitrogen and oxygen atoms in total. The lowest BCUT2D eigenvalue weighted by atomic mass is 9.96. The van der Waals surface area contributed by atoms with Gasteiger partial charge in [0, 0.05) is 12.7 Å². The van der Waals surface area contributed by atoms with Crippen LogP contribution in [0.2, 0.25) is 5.02 Å². The number of benzene rings is 2. The van der Waals surface area contributed by atoms with Crippen LogP contribution < -0.4 is 10.2 Å². The molecule has 2 aromatic carbocycles. The van der Waals surface area contributed by atoms with Crippen molar-refractivity contribution in [2.45, 2.75) is 19.4 Å². The molecule has 1 heterocycles. The Balaban J connectivity index is 1.98. The van der Waals surface area contributed by atoms with Crippen molar-refractivity contribution in [3.63, 3.8) is 0 Å². The summed E-state index contributed by atoms with van der Waals surface area (Å²) >= 11 is 6.25. The van der Waals surface area contributed by atoms with E-state index < -0.39 is 0 Å². The summed E-state index contributed by atoms with van der Waals surface area (Å²) in [5.74, 6) is 0.106. The summed E-state index contributed by atoms with van der Waals surface area (Å²) in [4.78, 5) is 13.9. The second-order valence-corrected chi connectivity index (χ2v) is 5.80. The first-order chi connectivity index (χ1) is 10.1. The maximum Gasteiger partial charge on any atom is 0.229 e. The van der Waals surface area contributed by atoms with Crippen molar-refractivity contribution in [3.8, 4) is 0 Å². The highest BCUT2D eigenvalue weighted by atomic mass is 35.5. The number of para-hydroxylation sites is 1. The Morgan fingerprint density at radius 2 is 2.00 bits per heavy atom. The lowest BCUT2D eigenvalue weighted by molar-refractivity contribution is -0.118. The minimum Gasteiger partial charge on any atom is -0.376 e. The molecule has 0 aliphatic carbocycles. The normalized spacial score (nSPS) is 17.6. The zero-order chi connectivity index (χ0) is 15.0. The van der Waals surface area contributed by atoms with Gasteiger partial charge in [-0.15, -0.1) is 0 Å². The molecule has 2 aromatic rings. The highest BCUT2D eigenvalue weighted by molar-refractivity contribution is 6.33. The molecule has 0 spiro atoms. The Kier molecular flexibility index (Phi) is 3.60. The third kappa shape index (κ3) is 2.61. The average molecular weight is 301 g/mol. The van der Waals surface area contributed by atoms with E-state index in [4.69, 9.17) is 11.6 Å². The molecule has 1 aliphatic heterocycles. The van der Waals surface area contributed by atoms with Crippen LogP contribution in [0.4, 0.5) is 11.4 Å². The van der Waals surface area contributed by atoms with Gasteiger partial charge in [0.05, 0.1) is 23.2 Å². The Labute approximate surface area is 129 Å². The molecule has 21 heavy (non-hydrogen) atoms. The number of amides is 1. The molecule has 0 fully saturated rings. The number of nitrogens with zero attached hydrogens (tertiary/aromatic N) is 1. The van der Waals surface area contributed by atoms with Crippen molar-refractivity contribution in [2.75, 3.05) is 17.3 Å². The summed E-state index contributed by atoms with van der Waals surface area (Å²) < 4.78 is 0. The zero-order valence-corrected chi connectivity index (χ0v) is 12.8. The fourth-order valence-corrected chi connectivity index (χ4v) is 2.88. The molecule has 0 saturated carbocycles. The Morgan fingerprint density at radius 3 is 2.81 bits per heavy atom. The maximum absolute atomic E-state index is 12.2. The summed E-state index contributed by atoms with van der Waals surface area (Å²) in [5, 5.41) is 4.09. The number of hydrogen-bond donors (Lipinski definition) is 1. The van der Waals surface area contributed by atoms with Crippen LogP contribution in [0.3, 0.4) is 0 Å². The van der Waals surface area contributed by atoms with Crippen LogP contribution in [-0.4, -0.2) is 13.0 Å². The van der Waals surface area contributed by atoms with Gasteiger partial charge in [-0.2, -0.15) is 0 Å². The second-order valence-electron chi connectivity index (χ2n) is 5.40. The summed E-state index contributed by atoms with van der Waals surface area (Å²) in [5.41, 5.74) is 4.08. The van der Waals surface area contributed by atoms with Crippen molar-refractivity contribution < 1.29 is 4.79 Å². The molecule has 3 rings (SSSR count). The fraction of sp³-hybridized carbons (Fsp3) is 0.235. The molecule has 0 aromatic heterocycles. The average Bonchev–Trinajstić information content (AvgIpc) is 2.48. The molecule has 0 saturated heterocycles. The molecule has 0 radical (unpaired) electrons. The number of carbonyl (C=O) groups excluding carboxylic acids is 1. The van der Waals surface area contributed by atoms with Crippen molar-refractivity contribution >= 4 is 28.9 Å². The van der Waals surface area contributed by atoms with Crippen LogP contribution in [0, 0.1) is 6.92 Å². The number of rotatable bonds is 2. The van der Waals surface area contributed by atoms with E-state index in [1.54, 1.807) is 4.90 Å². The Bertz CT molecular complexity index is 699. The second kappa shape index (κ2) is 5.41. The number of hydrogen-bond acceptors (Lipinski definition) is 2. The molecule has 4 heteroatoms. The number of anilines is 2. The Hall–Kier alpha value is -2.00. The third-order valence-electron chi connectivity index (χ3n) is 3.88. The van der Waals surface area contributed by atoms with E-state index in [1.807, 2.05) is 50.4 Å². The first-order valence-electron chi connectivity index (χ1n) is 6.94. The molecular weight excluding hydrogens is 284 g/mol. The van der Waals surface area contributed by atoms with E-state index in [2.05, 4.69) is 11.4 Å². The minimum absolute atomic E-state index is 0.0517. The van der Waals surface area contributed by atoms with Crippen molar-refractivity contribution in [2.24, 2.45) is 0 Å². The highest BCUT2D eigenvalue weighted by Gasteiger charge is 2.29. The number of halogens is 1. The van der Waals surface area contributed by atoms with Crippen LogP contribution in [0.25, 0.3) is 0 Å². The van der Waals surface area contributed by atoms with Crippen LogP contribution >= 0.6 is 11.6 Å². The fourth-order valence-electron chi connectivity index (χ4n) is 2.71. The summed E-state index contributed by atoms with van der Waals surface area (Å²) in [6.07, 6.45) is 0.428. The minimum atomic E-state index is -0.0517. The molecule has 1 amide bonds. The molecule has 0 bridgehead atoms. The monoisotopic (exact) mass is 300 g/mol. The van der Waals surface area contributed by atoms with Gasteiger partial charge in [-0.1, -0.05) is 35.9 Å². The first kappa shape index (κ1) is 14.0. The van der Waals surface area contributed by atoms with Gasteiger partial charge in [0.25, 0.3) is 0 Å². The standard InChI is InChI=1S/C17H17ClN2O/c1-11-7-8-13(18)15(9-11)19-14-10-17(21)20(2)16-6-4-3-5-12(14)16/h3-9,14,19H,10H2,1-2H3. The Morgan fingerprint density at radius 1 is 1.24 bits per heavy atom. The quantitative estimate of drug-likeness (QED) is 0.903.